The van der Waals surface area contributed by atoms with Crippen molar-refractivity contribution in [2.45, 2.75) is 70.3 Å². The molecule has 2 atom stereocenters. The third-order valence-corrected chi connectivity index (χ3v) is 6.85. The highest BCUT2D eigenvalue weighted by Gasteiger charge is 2.51. The van der Waals surface area contributed by atoms with E-state index in [-0.39, 0.29) is 23.3 Å². The van der Waals surface area contributed by atoms with E-state index < -0.39 is 5.97 Å². The highest BCUT2D eigenvalue weighted by atomic mass is 16.4. The van der Waals surface area contributed by atoms with Gasteiger partial charge < -0.3 is 10.4 Å². The van der Waals surface area contributed by atoms with Gasteiger partial charge in [0, 0.05) is 12.5 Å². The van der Waals surface area contributed by atoms with Gasteiger partial charge in [-0.05, 0) is 81.0 Å². The van der Waals surface area contributed by atoms with E-state index in [2.05, 4.69) is 5.32 Å². The Hall–Kier alpha value is -1.06. The number of carbonyl (C=O) groups is 2. The number of aliphatic carboxylic acids is 1. The van der Waals surface area contributed by atoms with Crippen molar-refractivity contribution in [1.82, 2.24) is 5.32 Å². The molecule has 4 bridgehead atoms. The predicted octanol–water partition coefficient (Wildman–Crippen LogP) is 2.96. The summed E-state index contributed by atoms with van der Waals surface area (Å²) in [6.07, 6.45) is 10.8. The van der Waals surface area contributed by atoms with Gasteiger partial charge in [-0.2, -0.15) is 0 Å². The summed E-state index contributed by atoms with van der Waals surface area (Å²) in [6, 6.07) is 0.0857. The molecule has 5 saturated carbocycles. The maximum absolute atomic E-state index is 12.5. The number of hydrogen-bond donors (Lipinski definition) is 2. The highest BCUT2D eigenvalue weighted by molar-refractivity contribution is 5.77. The summed E-state index contributed by atoms with van der Waals surface area (Å²) in [4.78, 5) is 23.5. The van der Waals surface area contributed by atoms with Crippen LogP contribution in [0.4, 0.5) is 0 Å². The minimum Gasteiger partial charge on any atom is -0.481 e. The van der Waals surface area contributed by atoms with Gasteiger partial charge in [0.15, 0.2) is 0 Å². The van der Waals surface area contributed by atoms with Gasteiger partial charge in [0.25, 0.3) is 0 Å². The number of nitrogens with one attached hydrogen (secondary N) is 1. The van der Waals surface area contributed by atoms with Crippen LogP contribution < -0.4 is 5.32 Å². The van der Waals surface area contributed by atoms with Crippen LogP contribution in [-0.2, 0) is 9.59 Å². The molecule has 122 valence electrons. The van der Waals surface area contributed by atoms with E-state index in [1.807, 2.05) is 0 Å². The van der Waals surface area contributed by atoms with Crippen molar-refractivity contribution < 1.29 is 14.7 Å². The van der Waals surface area contributed by atoms with Crippen molar-refractivity contribution in [3.8, 4) is 0 Å². The number of carbonyl (C=O) groups excluding carboxylic acids is 1. The van der Waals surface area contributed by atoms with Gasteiger partial charge in [0.05, 0.1) is 5.92 Å². The van der Waals surface area contributed by atoms with Crippen LogP contribution >= 0.6 is 0 Å². The first-order valence-corrected chi connectivity index (χ1v) is 9.03. The van der Waals surface area contributed by atoms with Gasteiger partial charge in [-0.1, -0.05) is 0 Å². The van der Waals surface area contributed by atoms with E-state index in [1.165, 1.54) is 38.5 Å². The van der Waals surface area contributed by atoms with Crippen LogP contribution in [0.25, 0.3) is 0 Å². The minimum absolute atomic E-state index is 0.0857. The Labute approximate surface area is 132 Å². The Bertz CT molecular complexity index is 451. The quantitative estimate of drug-likeness (QED) is 0.839. The van der Waals surface area contributed by atoms with Crippen molar-refractivity contribution in [2.24, 2.45) is 29.1 Å². The molecule has 4 heteroatoms. The molecule has 0 aromatic heterocycles. The van der Waals surface area contributed by atoms with Crippen LogP contribution in [0.2, 0.25) is 0 Å². The lowest BCUT2D eigenvalue weighted by Crippen LogP contribution is -2.48. The zero-order chi connectivity index (χ0) is 15.3. The number of carboxylic acid groups (broad SMARTS) is 1. The predicted molar refractivity (Wildman–Crippen MR) is 82.1 cm³/mol. The second-order valence-electron chi connectivity index (χ2n) is 8.71. The Morgan fingerprint density at radius 1 is 0.955 bits per heavy atom. The summed E-state index contributed by atoms with van der Waals surface area (Å²) >= 11 is 0. The van der Waals surface area contributed by atoms with Crippen LogP contribution in [-0.4, -0.2) is 23.0 Å². The molecule has 5 fully saturated rings. The van der Waals surface area contributed by atoms with Crippen LogP contribution in [0.1, 0.15) is 64.2 Å². The van der Waals surface area contributed by atoms with E-state index in [1.54, 1.807) is 0 Å². The smallest absolute Gasteiger partial charge is 0.306 e. The number of amides is 1. The SMILES string of the molecule is O=C(CC12CC3CC(CC(C3)C1)C2)N[C@H]1CC[C@@H](C(=O)O)C1. The third-order valence-electron chi connectivity index (χ3n) is 6.85. The normalized spacial score (nSPS) is 45.9. The fraction of sp³-hybridized carbons (Fsp3) is 0.889. The highest BCUT2D eigenvalue weighted by Crippen LogP contribution is 2.61. The topological polar surface area (TPSA) is 66.4 Å². The number of rotatable bonds is 4. The van der Waals surface area contributed by atoms with Crippen molar-refractivity contribution in [3.05, 3.63) is 0 Å². The van der Waals surface area contributed by atoms with E-state index >= 15 is 0 Å². The summed E-state index contributed by atoms with van der Waals surface area (Å²) < 4.78 is 0. The molecule has 5 rings (SSSR count). The monoisotopic (exact) mass is 305 g/mol. The van der Waals surface area contributed by atoms with E-state index in [9.17, 15) is 9.59 Å². The molecule has 0 heterocycles. The second kappa shape index (κ2) is 5.24. The Morgan fingerprint density at radius 2 is 1.55 bits per heavy atom. The van der Waals surface area contributed by atoms with Crippen molar-refractivity contribution in [2.75, 3.05) is 0 Å². The van der Waals surface area contributed by atoms with Gasteiger partial charge in [0.2, 0.25) is 5.91 Å². The molecular weight excluding hydrogens is 278 g/mol. The lowest BCUT2D eigenvalue weighted by Gasteiger charge is -2.56. The van der Waals surface area contributed by atoms with Gasteiger partial charge >= 0.3 is 5.97 Å². The standard InChI is InChI=1S/C18H27NO3/c20-16(19-15-2-1-14(6-15)17(21)22)10-18-7-11-3-12(8-18)5-13(4-11)9-18/h11-15H,1-10H2,(H,19,20)(H,21,22)/t11?,12?,13?,14-,15+,18?/m1/s1. The van der Waals surface area contributed by atoms with E-state index in [0.717, 1.165) is 24.2 Å². The van der Waals surface area contributed by atoms with E-state index in [0.29, 0.717) is 19.3 Å². The molecular formula is C18H27NO3. The van der Waals surface area contributed by atoms with E-state index in [4.69, 9.17) is 5.11 Å². The fourth-order valence-electron chi connectivity index (χ4n) is 6.46. The Kier molecular flexibility index (Phi) is 3.46. The first-order valence-electron chi connectivity index (χ1n) is 9.03. The minimum atomic E-state index is -0.710. The van der Waals surface area contributed by atoms with Gasteiger partial charge in [-0.15, -0.1) is 0 Å². The fourth-order valence-corrected chi connectivity index (χ4v) is 6.46. The second-order valence-corrected chi connectivity index (χ2v) is 8.71. The molecule has 0 aliphatic heterocycles. The summed E-state index contributed by atoms with van der Waals surface area (Å²) in [5.74, 6) is 1.84. The van der Waals surface area contributed by atoms with Crippen LogP contribution in [0.3, 0.4) is 0 Å². The average Bonchev–Trinajstić information content (AvgIpc) is 2.84. The molecule has 0 aromatic rings. The maximum atomic E-state index is 12.5. The van der Waals surface area contributed by atoms with Crippen LogP contribution in [0.15, 0.2) is 0 Å². The molecule has 5 aliphatic carbocycles. The average molecular weight is 305 g/mol. The molecule has 0 aromatic carbocycles. The lowest BCUT2D eigenvalue weighted by molar-refractivity contribution is -0.141. The van der Waals surface area contributed by atoms with Crippen LogP contribution in [0.5, 0.6) is 0 Å². The molecule has 0 radical (unpaired) electrons. The zero-order valence-electron chi connectivity index (χ0n) is 13.2. The first kappa shape index (κ1) is 14.5. The van der Waals surface area contributed by atoms with Crippen LogP contribution in [0, 0.1) is 29.1 Å². The van der Waals surface area contributed by atoms with Gasteiger partial charge in [0.1, 0.15) is 0 Å². The molecule has 2 N–H and O–H groups in total. The zero-order valence-corrected chi connectivity index (χ0v) is 13.2. The number of carboxylic acids is 1. The number of hydrogen-bond acceptors (Lipinski definition) is 2. The first-order chi connectivity index (χ1) is 10.5. The molecule has 0 spiro atoms. The summed E-state index contributed by atoms with van der Waals surface area (Å²) in [5, 5.41) is 12.2. The van der Waals surface area contributed by atoms with Crippen molar-refractivity contribution >= 4 is 11.9 Å². The van der Waals surface area contributed by atoms with Crippen molar-refractivity contribution in [1.29, 1.82) is 0 Å². The summed E-state index contributed by atoms with van der Waals surface area (Å²) in [6.45, 7) is 0. The summed E-state index contributed by atoms with van der Waals surface area (Å²) in [5.41, 5.74) is 0.281. The molecule has 0 saturated heterocycles. The lowest BCUT2D eigenvalue weighted by atomic mass is 9.49. The van der Waals surface area contributed by atoms with Crippen molar-refractivity contribution in [3.63, 3.8) is 0 Å². The Morgan fingerprint density at radius 3 is 2.05 bits per heavy atom. The largest absolute Gasteiger partial charge is 0.481 e. The molecule has 22 heavy (non-hydrogen) atoms. The summed E-state index contributed by atoms with van der Waals surface area (Å²) in [7, 11) is 0. The molecule has 1 amide bonds. The molecule has 4 nitrogen and oxygen atoms in total. The van der Waals surface area contributed by atoms with Gasteiger partial charge in [-0.3, -0.25) is 9.59 Å². The van der Waals surface area contributed by atoms with Gasteiger partial charge in [-0.25, -0.2) is 0 Å². The molecule has 0 unspecified atom stereocenters. The Balaban J connectivity index is 1.34. The maximum Gasteiger partial charge on any atom is 0.306 e. The third kappa shape index (κ3) is 2.65. The molecule has 5 aliphatic rings.